The molecule has 0 radical (unpaired) electrons. The molecule has 0 spiro atoms. The molecule has 1 N–H and O–H groups in total. The highest BCUT2D eigenvalue weighted by molar-refractivity contribution is 6.11. The van der Waals surface area contributed by atoms with Gasteiger partial charge in [-0.2, -0.15) is 0 Å². The average molecular weight is 459 g/mol. The second kappa shape index (κ2) is 7.37. The van der Waals surface area contributed by atoms with E-state index in [2.05, 4.69) is 29.6 Å². The first-order valence-electron chi connectivity index (χ1n) is 11.9. The summed E-state index contributed by atoms with van der Waals surface area (Å²) in [5.41, 5.74) is 5.17. The van der Waals surface area contributed by atoms with Crippen molar-refractivity contribution < 1.29 is 14.4 Å². The first-order valence-corrected chi connectivity index (χ1v) is 11.9. The Balaban J connectivity index is 1.22. The van der Waals surface area contributed by atoms with Gasteiger partial charge in [-0.15, -0.1) is 0 Å². The fourth-order valence-electron chi connectivity index (χ4n) is 6.56. The average Bonchev–Trinajstić information content (AvgIpc) is 3.14. The molecule has 5 nitrogen and oxygen atoms in total. The molecule has 2 bridgehead atoms. The van der Waals surface area contributed by atoms with Gasteiger partial charge >= 0.3 is 0 Å². The van der Waals surface area contributed by atoms with Gasteiger partial charge in [0.1, 0.15) is 6.54 Å². The second-order valence-corrected chi connectivity index (χ2v) is 9.60. The van der Waals surface area contributed by atoms with Crippen molar-refractivity contribution in [3.63, 3.8) is 0 Å². The lowest BCUT2D eigenvalue weighted by molar-refractivity contribution is -0.142. The molecular formula is C30H22N2O3. The number of nitrogens with one attached hydrogen (secondary N) is 1. The Hall–Kier alpha value is -4.25. The van der Waals surface area contributed by atoms with Gasteiger partial charge in [0.15, 0.2) is 0 Å². The van der Waals surface area contributed by atoms with Crippen LogP contribution in [0.4, 0.5) is 5.69 Å². The molecule has 3 amide bonds. The molecule has 5 heteroatoms. The Kier molecular flexibility index (Phi) is 4.25. The summed E-state index contributed by atoms with van der Waals surface area (Å²) in [6.45, 7) is -0.278. The smallest absolute Gasteiger partial charge is 0.244 e. The predicted octanol–water partition coefficient (Wildman–Crippen LogP) is 4.67. The van der Waals surface area contributed by atoms with Crippen LogP contribution in [0.25, 0.3) is 10.8 Å². The number of carbonyl (C=O) groups is 3. The zero-order valence-corrected chi connectivity index (χ0v) is 18.8. The van der Waals surface area contributed by atoms with E-state index in [-0.39, 0.29) is 36.1 Å². The van der Waals surface area contributed by atoms with Crippen molar-refractivity contribution in [3.05, 3.63) is 113 Å². The Morgan fingerprint density at radius 3 is 1.71 bits per heavy atom. The predicted molar refractivity (Wildman–Crippen MR) is 133 cm³/mol. The van der Waals surface area contributed by atoms with E-state index in [1.165, 1.54) is 4.90 Å². The molecular weight excluding hydrogens is 436 g/mol. The number of carbonyl (C=O) groups excluding carboxylic acids is 3. The molecule has 0 saturated carbocycles. The molecule has 4 aliphatic rings. The maximum atomic E-state index is 13.7. The number of imide groups is 1. The fourth-order valence-corrected chi connectivity index (χ4v) is 6.56. The van der Waals surface area contributed by atoms with Crippen molar-refractivity contribution in [2.45, 2.75) is 11.8 Å². The number of likely N-dealkylation sites (tertiary alicyclic amines) is 1. The first kappa shape index (κ1) is 20.2. The van der Waals surface area contributed by atoms with E-state index in [4.69, 9.17) is 0 Å². The van der Waals surface area contributed by atoms with Gasteiger partial charge in [0.05, 0.1) is 11.8 Å². The summed E-state index contributed by atoms with van der Waals surface area (Å²) in [4.78, 5) is 41.6. The Bertz CT molecular complexity index is 1440. The monoisotopic (exact) mass is 458 g/mol. The summed E-state index contributed by atoms with van der Waals surface area (Å²) in [5, 5.41) is 4.85. The minimum absolute atomic E-state index is 0.167. The largest absolute Gasteiger partial charge is 0.324 e. The van der Waals surface area contributed by atoms with Crippen molar-refractivity contribution in [2.24, 2.45) is 11.8 Å². The lowest BCUT2D eigenvalue weighted by Crippen LogP contribution is -2.41. The Morgan fingerprint density at radius 2 is 1.14 bits per heavy atom. The zero-order valence-electron chi connectivity index (χ0n) is 18.8. The SMILES string of the molecule is O=C(CN1C(=O)[C@H]2C3c4ccccc4C(c4ccccc43)[C@@H]2C1=O)Nc1cccc2ccccc12. The van der Waals surface area contributed by atoms with E-state index in [9.17, 15) is 14.4 Å². The van der Waals surface area contributed by atoms with Gasteiger partial charge in [-0.1, -0.05) is 84.9 Å². The van der Waals surface area contributed by atoms with Crippen LogP contribution in [-0.2, 0) is 14.4 Å². The van der Waals surface area contributed by atoms with Crippen LogP contribution in [0.5, 0.6) is 0 Å². The number of rotatable bonds is 3. The highest BCUT2D eigenvalue weighted by atomic mass is 16.2. The van der Waals surface area contributed by atoms with Crippen LogP contribution in [0.2, 0.25) is 0 Å². The number of hydrogen-bond donors (Lipinski definition) is 1. The zero-order chi connectivity index (χ0) is 23.7. The van der Waals surface area contributed by atoms with Crippen LogP contribution in [0.15, 0.2) is 91.0 Å². The molecule has 35 heavy (non-hydrogen) atoms. The third-order valence-electron chi connectivity index (χ3n) is 7.91. The van der Waals surface area contributed by atoms with Crippen molar-refractivity contribution in [1.29, 1.82) is 0 Å². The summed E-state index contributed by atoms with van der Waals surface area (Å²) in [5.74, 6) is -2.13. The van der Waals surface area contributed by atoms with E-state index in [0.29, 0.717) is 5.69 Å². The van der Waals surface area contributed by atoms with Crippen molar-refractivity contribution in [2.75, 3.05) is 11.9 Å². The molecule has 2 atom stereocenters. The van der Waals surface area contributed by atoms with Gasteiger partial charge in [-0.3, -0.25) is 19.3 Å². The third-order valence-corrected chi connectivity index (χ3v) is 7.91. The molecule has 1 heterocycles. The lowest BCUT2D eigenvalue weighted by atomic mass is 9.55. The minimum Gasteiger partial charge on any atom is -0.324 e. The first-order chi connectivity index (χ1) is 17.1. The van der Waals surface area contributed by atoms with Crippen LogP contribution in [0.3, 0.4) is 0 Å². The molecule has 8 rings (SSSR count). The molecule has 4 aromatic rings. The maximum absolute atomic E-state index is 13.7. The minimum atomic E-state index is -0.470. The van der Waals surface area contributed by atoms with Crippen LogP contribution in [-0.4, -0.2) is 29.2 Å². The molecule has 0 unspecified atom stereocenters. The molecule has 3 aliphatic carbocycles. The second-order valence-electron chi connectivity index (χ2n) is 9.60. The van der Waals surface area contributed by atoms with Gasteiger partial charge < -0.3 is 5.32 Å². The van der Waals surface area contributed by atoms with E-state index in [0.717, 1.165) is 33.0 Å². The number of fused-ring (bicyclic) bond motifs is 1. The van der Waals surface area contributed by atoms with E-state index < -0.39 is 11.8 Å². The van der Waals surface area contributed by atoms with Crippen molar-refractivity contribution >= 4 is 34.2 Å². The van der Waals surface area contributed by atoms with E-state index in [1.54, 1.807) is 0 Å². The van der Waals surface area contributed by atoms with E-state index >= 15 is 0 Å². The summed E-state index contributed by atoms with van der Waals surface area (Å²) < 4.78 is 0. The van der Waals surface area contributed by atoms with Crippen molar-refractivity contribution in [3.8, 4) is 0 Å². The summed E-state index contributed by atoms with van der Waals surface area (Å²) in [6, 6.07) is 29.8. The maximum Gasteiger partial charge on any atom is 0.244 e. The Labute approximate surface area is 202 Å². The number of benzene rings is 4. The summed E-state index contributed by atoms with van der Waals surface area (Å²) in [7, 11) is 0. The summed E-state index contributed by atoms with van der Waals surface area (Å²) in [6.07, 6.45) is 0. The van der Waals surface area contributed by atoms with Crippen LogP contribution < -0.4 is 5.32 Å². The highest BCUT2D eigenvalue weighted by Gasteiger charge is 2.61. The highest BCUT2D eigenvalue weighted by Crippen LogP contribution is 2.60. The normalized spacial score (nSPS) is 23.7. The number of hydrogen-bond acceptors (Lipinski definition) is 3. The van der Waals surface area contributed by atoms with Crippen molar-refractivity contribution in [1.82, 2.24) is 4.90 Å². The number of amides is 3. The van der Waals surface area contributed by atoms with Gasteiger partial charge in [0.25, 0.3) is 0 Å². The lowest BCUT2D eigenvalue weighted by Gasteiger charge is -2.45. The van der Waals surface area contributed by atoms with Gasteiger partial charge in [-0.25, -0.2) is 0 Å². The standard InChI is InChI=1S/C30H22N2O3/c33-24(31-23-15-7-9-17-8-1-2-10-18(17)23)16-32-29(34)27-25-19-11-3-4-12-20(19)26(28(27)30(32)35)22-14-6-5-13-21(22)25/h1-15,25-28H,16H2,(H,31,33)/t25?,26?,27-,28-/m0/s1. The van der Waals surface area contributed by atoms with Crippen LogP contribution in [0.1, 0.15) is 34.1 Å². The topological polar surface area (TPSA) is 66.5 Å². The third kappa shape index (κ3) is 2.78. The number of nitrogens with zero attached hydrogens (tertiary/aromatic N) is 1. The van der Waals surface area contributed by atoms with Gasteiger partial charge in [0, 0.05) is 22.9 Å². The molecule has 170 valence electrons. The van der Waals surface area contributed by atoms with Gasteiger partial charge in [0.2, 0.25) is 17.7 Å². The fraction of sp³-hybridized carbons (Fsp3) is 0.167. The number of anilines is 1. The molecule has 1 aliphatic heterocycles. The molecule has 4 aromatic carbocycles. The van der Waals surface area contributed by atoms with Gasteiger partial charge in [-0.05, 0) is 33.7 Å². The molecule has 0 aromatic heterocycles. The summed E-state index contributed by atoms with van der Waals surface area (Å²) >= 11 is 0. The van der Waals surface area contributed by atoms with Crippen LogP contribution in [0, 0.1) is 11.8 Å². The van der Waals surface area contributed by atoms with Crippen LogP contribution >= 0.6 is 0 Å². The van der Waals surface area contributed by atoms with E-state index in [1.807, 2.05) is 66.7 Å². The Morgan fingerprint density at radius 1 is 0.657 bits per heavy atom. The molecule has 1 fully saturated rings. The quantitative estimate of drug-likeness (QED) is 0.454. The molecule has 1 saturated heterocycles.